The molecule has 2 aromatic rings. The van der Waals surface area contributed by atoms with Crippen LogP contribution >= 0.6 is 11.6 Å². The van der Waals surface area contributed by atoms with Crippen molar-refractivity contribution in [3.05, 3.63) is 59.1 Å². The number of halogens is 1. The third kappa shape index (κ3) is 4.00. The molecule has 6 heteroatoms. The first-order valence-corrected chi connectivity index (χ1v) is 8.69. The van der Waals surface area contributed by atoms with Crippen LogP contribution in [0.3, 0.4) is 0 Å². The van der Waals surface area contributed by atoms with Crippen molar-refractivity contribution in [1.82, 2.24) is 4.31 Å². The molecule has 0 aromatic heterocycles. The van der Waals surface area contributed by atoms with Gasteiger partial charge in [0.05, 0.1) is 11.5 Å². The lowest BCUT2D eigenvalue weighted by Gasteiger charge is -2.17. The number of sulfonamides is 1. The van der Waals surface area contributed by atoms with E-state index in [1.54, 1.807) is 19.2 Å². The Morgan fingerprint density at radius 2 is 1.82 bits per heavy atom. The van der Waals surface area contributed by atoms with Gasteiger partial charge < -0.3 is 4.74 Å². The smallest absolute Gasteiger partial charge is 0.243 e. The van der Waals surface area contributed by atoms with Crippen LogP contribution in [-0.2, 0) is 16.6 Å². The van der Waals surface area contributed by atoms with Gasteiger partial charge in [0.1, 0.15) is 5.75 Å². The van der Waals surface area contributed by atoms with Gasteiger partial charge in [-0.1, -0.05) is 23.7 Å². The van der Waals surface area contributed by atoms with Crippen LogP contribution in [0.25, 0.3) is 0 Å². The van der Waals surface area contributed by atoms with Crippen LogP contribution in [-0.4, -0.2) is 26.4 Å². The molecule has 0 radical (unpaired) electrons. The molecule has 0 fully saturated rings. The molecule has 0 amide bonds. The molecular weight excluding hydrogens is 322 g/mol. The summed E-state index contributed by atoms with van der Waals surface area (Å²) in [5, 5.41) is 0.506. The molecular formula is C16H18ClNO3S. The minimum atomic E-state index is -3.55. The van der Waals surface area contributed by atoms with Crippen LogP contribution in [0.2, 0.25) is 5.02 Å². The third-order valence-corrected chi connectivity index (χ3v) is 5.21. The largest absolute Gasteiger partial charge is 0.494 e. The Morgan fingerprint density at radius 3 is 2.45 bits per heavy atom. The first-order valence-electron chi connectivity index (χ1n) is 6.87. The van der Waals surface area contributed by atoms with Crippen LogP contribution in [0.5, 0.6) is 5.75 Å². The van der Waals surface area contributed by atoms with Gasteiger partial charge in [-0.2, -0.15) is 4.31 Å². The average molecular weight is 340 g/mol. The monoisotopic (exact) mass is 339 g/mol. The van der Waals surface area contributed by atoms with Crippen molar-refractivity contribution in [3.63, 3.8) is 0 Å². The Morgan fingerprint density at radius 1 is 1.14 bits per heavy atom. The van der Waals surface area contributed by atoms with Crippen molar-refractivity contribution in [2.24, 2.45) is 0 Å². The molecule has 118 valence electrons. The molecule has 0 aliphatic rings. The second-order valence-corrected chi connectivity index (χ2v) is 7.28. The lowest BCUT2D eigenvalue weighted by molar-refractivity contribution is 0.339. The normalized spacial score (nSPS) is 11.6. The SMILES string of the molecule is CCOc1cccc(CN(C)S(=O)(=O)c2ccc(Cl)cc2)c1. The number of benzene rings is 2. The fraction of sp³-hybridized carbons (Fsp3) is 0.250. The molecule has 0 bridgehead atoms. The van der Waals surface area contributed by atoms with Crippen molar-refractivity contribution >= 4 is 21.6 Å². The molecule has 22 heavy (non-hydrogen) atoms. The van der Waals surface area contributed by atoms with Crippen LogP contribution in [0.1, 0.15) is 12.5 Å². The standard InChI is InChI=1S/C16H18ClNO3S/c1-3-21-15-6-4-5-13(11-15)12-18(2)22(19,20)16-9-7-14(17)8-10-16/h4-11H,3,12H2,1-2H3. The minimum absolute atomic E-state index is 0.223. The Bertz CT molecular complexity index is 729. The zero-order chi connectivity index (χ0) is 16.2. The number of nitrogens with zero attached hydrogens (tertiary/aromatic N) is 1. The Labute approximate surface area is 136 Å². The zero-order valence-electron chi connectivity index (χ0n) is 12.5. The third-order valence-electron chi connectivity index (χ3n) is 3.14. The van der Waals surface area contributed by atoms with Gasteiger partial charge in [0.15, 0.2) is 0 Å². The fourth-order valence-corrected chi connectivity index (χ4v) is 3.31. The maximum atomic E-state index is 12.5. The molecule has 0 unspecified atom stereocenters. The summed E-state index contributed by atoms with van der Waals surface area (Å²) < 4.78 is 31.8. The summed E-state index contributed by atoms with van der Waals surface area (Å²) in [7, 11) is -1.99. The molecule has 0 aliphatic heterocycles. The number of ether oxygens (including phenoxy) is 1. The number of rotatable bonds is 6. The minimum Gasteiger partial charge on any atom is -0.494 e. The van der Waals surface area contributed by atoms with E-state index in [0.29, 0.717) is 11.6 Å². The van der Waals surface area contributed by atoms with E-state index in [1.165, 1.54) is 16.4 Å². The summed E-state index contributed by atoms with van der Waals surface area (Å²) in [6.07, 6.45) is 0. The summed E-state index contributed by atoms with van der Waals surface area (Å²) in [5.41, 5.74) is 0.867. The summed E-state index contributed by atoms with van der Waals surface area (Å²) in [6, 6.07) is 13.6. The van der Waals surface area contributed by atoms with Crippen LogP contribution in [0.15, 0.2) is 53.4 Å². The van der Waals surface area contributed by atoms with Gasteiger partial charge in [0.25, 0.3) is 0 Å². The number of hydrogen-bond donors (Lipinski definition) is 0. The predicted octanol–water partition coefficient (Wildman–Crippen LogP) is 3.56. The fourth-order valence-electron chi connectivity index (χ4n) is 2.03. The van der Waals surface area contributed by atoms with Crippen LogP contribution in [0, 0.1) is 0 Å². The average Bonchev–Trinajstić information content (AvgIpc) is 2.48. The molecule has 2 aromatic carbocycles. The highest BCUT2D eigenvalue weighted by atomic mass is 35.5. The van der Waals surface area contributed by atoms with E-state index in [9.17, 15) is 8.42 Å². The molecule has 0 heterocycles. The quantitative estimate of drug-likeness (QED) is 0.808. The number of hydrogen-bond acceptors (Lipinski definition) is 3. The maximum absolute atomic E-state index is 12.5. The van der Waals surface area contributed by atoms with Crippen molar-refractivity contribution in [1.29, 1.82) is 0 Å². The molecule has 0 aliphatic carbocycles. The highest BCUT2D eigenvalue weighted by Gasteiger charge is 2.20. The maximum Gasteiger partial charge on any atom is 0.243 e. The van der Waals surface area contributed by atoms with Crippen molar-refractivity contribution in [2.75, 3.05) is 13.7 Å². The lowest BCUT2D eigenvalue weighted by atomic mass is 10.2. The summed E-state index contributed by atoms with van der Waals surface area (Å²) in [5.74, 6) is 0.734. The molecule has 0 saturated heterocycles. The molecule has 0 N–H and O–H groups in total. The molecule has 2 rings (SSSR count). The van der Waals surface area contributed by atoms with E-state index < -0.39 is 10.0 Å². The van der Waals surface area contributed by atoms with E-state index in [2.05, 4.69) is 0 Å². The molecule has 0 saturated carbocycles. The van der Waals surface area contributed by atoms with Gasteiger partial charge in [0, 0.05) is 18.6 Å². The first kappa shape index (κ1) is 16.8. The first-order chi connectivity index (χ1) is 10.4. The van der Waals surface area contributed by atoms with Gasteiger partial charge in [-0.3, -0.25) is 0 Å². The Balaban J connectivity index is 2.18. The van der Waals surface area contributed by atoms with Crippen LogP contribution < -0.4 is 4.74 Å². The second kappa shape index (κ2) is 7.13. The van der Waals surface area contributed by atoms with Crippen molar-refractivity contribution in [2.45, 2.75) is 18.4 Å². The van der Waals surface area contributed by atoms with Crippen LogP contribution in [0.4, 0.5) is 0 Å². The van der Waals surface area contributed by atoms with Gasteiger partial charge in [-0.25, -0.2) is 8.42 Å². The van der Waals surface area contributed by atoms with Crippen molar-refractivity contribution < 1.29 is 13.2 Å². The van der Waals surface area contributed by atoms with E-state index in [4.69, 9.17) is 16.3 Å². The Hall–Kier alpha value is -1.56. The van der Waals surface area contributed by atoms with Gasteiger partial charge in [-0.05, 0) is 48.9 Å². The highest BCUT2D eigenvalue weighted by Crippen LogP contribution is 2.20. The Kier molecular flexibility index (Phi) is 5.45. The topological polar surface area (TPSA) is 46.6 Å². The lowest BCUT2D eigenvalue weighted by Crippen LogP contribution is -2.26. The highest BCUT2D eigenvalue weighted by molar-refractivity contribution is 7.89. The van der Waals surface area contributed by atoms with E-state index in [0.717, 1.165) is 11.3 Å². The van der Waals surface area contributed by atoms with Crippen molar-refractivity contribution in [3.8, 4) is 5.75 Å². The van der Waals surface area contributed by atoms with Gasteiger partial charge >= 0.3 is 0 Å². The molecule has 0 atom stereocenters. The zero-order valence-corrected chi connectivity index (χ0v) is 14.1. The summed E-state index contributed by atoms with van der Waals surface area (Å²) >= 11 is 5.80. The van der Waals surface area contributed by atoms with E-state index in [1.807, 2.05) is 31.2 Å². The summed E-state index contributed by atoms with van der Waals surface area (Å²) in [4.78, 5) is 0.223. The second-order valence-electron chi connectivity index (χ2n) is 4.80. The molecule has 4 nitrogen and oxygen atoms in total. The van der Waals surface area contributed by atoms with E-state index >= 15 is 0 Å². The predicted molar refractivity (Wildman–Crippen MR) is 87.7 cm³/mol. The molecule has 0 spiro atoms. The summed E-state index contributed by atoms with van der Waals surface area (Å²) in [6.45, 7) is 2.75. The van der Waals surface area contributed by atoms with Gasteiger partial charge in [0.2, 0.25) is 10.0 Å². The van der Waals surface area contributed by atoms with Gasteiger partial charge in [-0.15, -0.1) is 0 Å². The van der Waals surface area contributed by atoms with E-state index in [-0.39, 0.29) is 11.4 Å².